The number of carbonyl (C=O) groups excluding carboxylic acids is 3. The molecule has 0 spiro atoms. The number of thioether (sulfide) groups is 1. The Hall–Kier alpha value is -5.58. The number of rotatable bonds is 18. The molecule has 0 fully saturated rings. The third-order valence-electron chi connectivity index (χ3n) is 10.4. The number of ether oxygens (including phenoxy) is 2. The minimum Gasteiger partial charge on any atom is -0.492 e. The molecule has 60 heavy (non-hydrogen) atoms. The Bertz CT molecular complexity index is 2030. The molecule has 3 N–H and O–H groups in total. The van der Waals surface area contributed by atoms with Crippen LogP contribution in [0, 0.1) is 0 Å². The smallest absolute Gasteiger partial charge is 0.422 e. The topological polar surface area (TPSA) is 109 Å². The van der Waals surface area contributed by atoms with Crippen LogP contribution in [-0.2, 0) is 20.7 Å². The van der Waals surface area contributed by atoms with Gasteiger partial charge in [0, 0.05) is 31.5 Å². The molecule has 2 atom stereocenters. The van der Waals surface area contributed by atoms with Gasteiger partial charge >= 0.3 is 6.09 Å². The van der Waals surface area contributed by atoms with Gasteiger partial charge in [0.2, 0.25) is 5.91 Å². The summed E-state index contributed by atoms with van der Waals surface area (Å²) in [4.78, 5) is 41.0. The lowest BCUT2D eigenvalue weighted by Gasteiger charge is -2.37. The van der Waals surface area contributed by atoms with Crippen LogP contribution in [0.2, 0.25) is 0 Å². The number of benzene rings is 5. The Balaban J connectivity index is 1.26. The molecule has 1 aliphatic rings. The van der Waals surface area contributed by atoms with Crippen molar-refractivity contribution in [2.75, 3.05) is 25.4 Å². The molecule has 0 saturated heterocycles. The van der Waals surface area contributed by atoms with Crippen LogP contribution < -0.4 is 20.8 Å². The number of hydrogen-bond donors (Lipinski definition) is 3. The molecule has 6 rings (SSSR count). The van der Waals surface area contributed by atoms with Crippen molar-refractivity contribution in [2.24, 2.45) is 0 Å². The van der Waals surface area contributed by atoms with E-state index in [0.29, 0.717) is 43.9 Å². The zero-order chi connectivity index (χ0) is 42.4. The number of para-hydroxylation sites is 1. The second-order valence-corrected chi connectivity index (χ2v) is 17.3. The van der Waals surface area contributed by atoms with Crippen LogP contribution in [-0.4, -0.2) is 60.0 Å². The minimum absolute atomic E-state index is 0.231. The van der Waals surface area contributed by atoms with Gasteiger partial charge in [-0.3, -0.25) is 15.0 Å². The molecule has 5 aromatic carbocycles. The van der Waals surface area contributed by atoms with Crippen molar-refractivity contribution in [3.05, 3.63) is 173 Å². The fourth-order valence-corrected chi connectivity index (χ4v) is 9.14. The third-order valence-corrected chi connectivity index (χ3v) is 12.1. The first-order valence-electron chi connectivity index (χ1n) is 21.0. The molecule has 0 saturated carbocycles. The van der Waals surface area contributed by atoms with E-state index in [9.17, 15) is 14.4 Å². The molecule has 1 aliphatic heterocycles. The van der Waals surface area contributed by atoms with Crippen molar-refractivity contribution in [1.82, 2.24) is 21.1 Å². The van der Waals surface area contributed by atoms with Gasteiger partial charge in [-0.05, 0) is 67.7 Å². The molecule has 0 bridgehead atoms. The molecule has 1 heterocycles. The van der Waals surface area contributed by atoms with Crippen LogP contribution in [0.4, 0.5) is 4.79 Å². The second kappa shape index (κ2) is 21.1. The molecule has 9 nitrogen and oxygen atoms in total. The average Bonchev–Trinajstić information content (AvgIpc) is 3.26. The zero-order valence-corrected chi connectivity index (χ0v) is 36.0. The van der Waals surface area contributed by atoms with Crippen molar-refractivity contribution in [3.63, 3.8) is 0 Å². The summed E-state index contributed by atoms with van der Waals surface area (Å²) in [6.45, 7) is 8.95. The number of amides is 3. The van der Waals surface area contributed by atoms with Crippen LogP contribution in [0.25, 0.3) is 0 Å². The minimum atomic E-state index is -0.787. The number of fused-ring (bicyclic) bond motifs is 1. The predicted molar refractivity (Wildman–Crippen MR) is 241 cm³/mol. The van der Waals surface area contributed by atoms with Crippen LogP contribution in [0.1, 0.15) is 97.6 Å². The Labute approximate surface area is 359 Å². The van der Waals surface area contributed by atoms with E-state index in [1.165, 1.54) is 16.7 Å². The maximum atomic E-state index is 14.1. The average molecular weight is 827 g/mol. The summed E-state index contributed by atoms with van der Waals surface area (Å²) in [6.07, 6.45) is 2.87. The lowest BCUT2D eigenvalue weighted by Crippen LogP contribution is -2.49. The van der Waals surface area contributed by atoms with Crippen molar-refractivity contribution in [1.29, 1.82) is 0 Å². The summed E-state index contributed by atoms with van der Waals surface area (Å²) in [5.41, 5.74) is 7.98. The number of nitrogens with one attached hydrogen (secondary N) is 3. The lowest BCUT2D eigenvalue weighted by atomic mass is 9.84. The Morgan fingerprint density at radius 3 is 1.93 bits per heavy atom. The molecule has 0 unspecified atom stereocenters. The fraction of sp³-hybridized carbons (Fsp3) is 0.340. The van der Waals surface area contributed by atoms with Crippen LogP contribution >= 0.6 is 11.8 Å². The van der Waals surface area contributed by atoms with E-state index >= 15 is 0 Å². The number of nitrogens with zero attached hydrogens (tertiary/aromatic N) is 1. The van der Waals surface area contributed by atoms with Crippen molar-refractivity contribution >= 4 is 29.7 Å². The molecule has 5 aromatic rings. The van der Waals surface area contributed by atoms with E-state index < -0.39 is 28.4 Å². The fourth-order valence-electron chi connectivity index (χ4n) is 7.65. The second-order valence-electron chi connectivity index (χ2n) is 16.0. The van der Waals surface area contributed by atoms with Gasteiger partial charge in [0.1, 0.15) is 17.4 Å². The number of carbonyl (C=O) groups is 3. The Kier molecular flexibility index (Phi) is 15.5. The first kappa shape index (κ1) is 44.0. The van der Waals surface area contributed by atoms with Gasteiger partial charge < -0.3 is 20.1 Å². The first-order chi connectivity index (χ1) is 29.1. The van der Waals surface area contributed by atoms with Crippen molar-refractivity contribution in [3.8, 4) is 5.75 Å². The van der Waals surface area contributed by atoms with E-state index in [4.69, 9.17) is 9.47 Å². The lowest BCUT2D eigenvalue weighted by molar-refractivity contribution is -0.122. The highest BCUT2D eigenvalue weighted by atomic mass is 32.2. The van der Waals surface area contributed by atoms with E-state index in [2.05, 4.69) is 95.8 Å². The molecule has 0 aliphatic carbocycles. The zero-order valence-electron chi connectivity index (χ0n) is 35.2. The maximum absolute atomic E-state index is 14.1. The molecule has 0 radical (unpaired) electrons. The summed E-state index contributed by atoms with van der Waals surface area (Å²) >= 11 is 1.87. The summed E-state index contributed by atoms with van der Waals surface area (Å²) in [6, 6.07) is 45.9. The summed E-state index contributed by atoms with van der Waals surface area (Å²) in [7, 11) is 0. The summed E-state index contributed by atoms with van der Waals surface area (Å²) in [5, 5.41) is 7.95. The number of hydrogen-bond acceptors (Lipinski definition) is 7. The molecule has 3 amide bonds. The van der Waals surface area contributed by atoms with E-state index in [0.717, 1.165) is 36.1 Å². The third kappa shape index (κ3) is 11.4. The van der Waals surface area contributed by atoms with Crippen LogP contribution in [0.15, 0.2) is 140 Å². The standard InChI is InChI=1S/C50H58N4O5S/c1-5-6-32-51-47(56)43(36-37-21-11-7-12-22-37)52-46(55)42-30-19-29-41-44(31-34-58-45(41)42)54(53-48(57)59-49(2,3)4)33-20-35-60-50(38-23-13-8-14-24-38,39-25-15-9-16-26-39)40-27-17-10-18-28-40/h7-19,21-30,43-44H,5-6,20,31-36H2,1-4H3,(H,51,56)(H,52,55)(H,53,57)/t43-,44-/m0/s1. The van der Waals surface area contributed by atoms with Gasteiger partial charge in [-0.2, -0.15) is 0 Å². The first-order valence-corrected chi connectivity index (χ1v) is 22.0. The van der Waals surface area contributed by atoms with Gasteiger partial charge in [-0.1, -0.05) is 147 Å². The molecule has 10 heteroatoms. The highest BCUT2D eigenvalue weighted by molar-refractivity contribution is 8.00. The van der Waals surface area contributed by atoms with Gasteiger partial charge in [0.15, 0.2) is 0 Å². The van der Waals surface area contributed by atoms with Crippen molar-refractivity contribution < 1.29 is 23.9 Å². The van der Waals surface area contributed by atoms with Gasteiger partial charge in [0.05, 0.1) is 23.0 Å². The SMILES string of the molecule is CCCCNC(=O)[C@H](Cc1ccccc1)NC(=O)c1cccc2c1OCC[C@@H]2N(CCCSC(c1ccccc1)(c1ccccc1)c1ccccc1)NC(=O)OC(C)(C)C. The summed E-state index contributed by atoms with van der Waals surface area (Å²) < 4.78 is 11.5. The molecular formula is C50H58N4O5S. The van der Waals surface area contributed by atoms with Crippen LogP contribution in [0.5, 0.6) is 5.75 Å². The Morgan fingerprint density at radius 2 is 1.37 bits per heavy atom. The van der Waals surface area contributed by atoms with Gasteiger partial charge in [-0.25, -0.2) is 9.80 Å². The highest BCUT2D eigenvalue weighted by Gasteiger charge is 2.37. The van der Waals surface area contributed by atoms with E-state index in [1.807, 2.05) is 98.2 Å². The predicted octanol–water partition coefficient (Wildman–Crippen LogP) is 9.62. The monoisotopic (exact) mass is 826 g/mol. The number of hydrazine groups is 1. The Morgan fingerprint density at radius 1 is 0.783 bits per heavy atom. The number of unbranched alkanes of at least 4 members (excludes halogenated alkanes) is 1. The normalized spacial score (nSPS) is 14.3. The summed E-state index contributed by atoms with van der Waals surface area (Å²) in [5.74, 6) is 0.567. The van der Waals surface area contributed by atoms with E-state index in [1.54, 1.807) is 6.07 Å². The highest BCUT2D eigenvalue weighted by Crippen LogP contribution is 2.49. The van der Waals surface area contributed by atoms with Gasteiger partial charge in [-0.15, -0.1) is 11.8 Å². The molecule has 314 valence electrons. The van der Waals surface area contributed by atoms with Crippen molar-refractivity contribution in [2.45, 2.75) is 82.2 Å². The molecular weight excluding hydrogens is 769 g/mol. The quantitative estimate of drug-likeness (QED) is 0.0459. The van der Waals surface area contributed by atoms with E-state index in [-0.39, 0.29) is 11.9 Å². The van der Waals surface area contributed by atoms with Gasteiger partial charge in [0.25, 0.3) is 5.91 Å². The molecule has 0 aromatic heterocycles. The van der Waals surface area contributed by atoms with Crippen LogP contribution in [0.3, 0.4) is 0 Å². The maximum Gasteiger partial charge on any atom is 0.422 e. The largest absolute Gasteiger partial charge is 0.492 e.